The molecule has 1 rings (SSSR count). The first kappa shape index (κ1) is 1.86. The second-order valence-electron chi connectivity index (χ2n) is 1.10. The molecule has 0 amide bonds. The van der Waals surface area contributed by atoms with E-state index in [0.717, 1.165) is 0 Å². The second-order valence-corrected chi connectivity index (χ2v) is 1.10. The summed E-state index contributed by atoms with van der Waals surface area (Å²) in [6.07, 6.45) is 1.22. The summed E-state index contributed by atoms with van der Waals surface area (Å²) < 4.78 is 21.0. The molecule has 38 valence electrons. The zero-order chi connectivity index (χ0) is 7.78. The Balaban J connectivity index is 3.05. The highest BCUT2D eigenvalue weighted by Gasteiger charge is 1.87. The molecule has 0 fully saturated rings. The summed E-state index contributed by atoms with van der Waals surface area (Å²) in [5, 5.41) is 12.2. The van der Waals surface area contributed by atoms with Crippen LogP contribution in [0.2, 0.25) is 0 Å². The van der Waals surface area contributed by atoms with E-state index < -0.39 is 6.98 Å². The van der Waals surface area contributed by atoms with E-state index in [4.69, 9.17) is 9.22 Å². The molecule has 3 nitrogen and oxygen atoms in total. The van der Waals surface area contributed by atoms with Gasteiger partial charge >= 0.3 is 0 Å². The average Bonchev–Trinajstić information content (AvgIpc) is 2.11. The molecule has 1 aromatic heterocycles. The molecular formula is C4H6N2O. The molecule has 7 heavy (non-hydrogen) atoms. The number of aromatic nitrogens is 2. The standard InChI is InChI=1S/C4H6N2O/c1-6-4(7)2-3-5-6/h2-3,7H,1H3/i1D3. The highest BCUT2D eigenvalue weighted by Crippen LogP contribution is 2.00. The van der Waals surface area contributed by atoms with Crippen LogP contribution in [0.15, 0.2) is 12.3 Å². The van der Waals surface area contributed by atoms with Crippen molar-refractivity contribution in [3.05, 3.63) is 12.3 Å². The van der Waals surface area contributed by atoms with Crippen LogP contribution in [0.1, 0.15) is 4.11 Å². The number of rotatable bonds is 0. The fourth-order valence-corrected chi connectivity index (χ4v) is 0.296. The van der Waals surface area contributed by atoms with Gasteiger partial charge in [-0.3, -0.25) is 0 Å². The van der Waals surface area contributed by atoms with Crippen LogP contribution in [-0.2, 0) is 6.98 Å². The first-order chi connectivity index (χ1) is 4.52. The van der Waals surface area contributed by atoms with Crippen LogP contribution < -0.4 is 0 Å². The van der Waals surface area contributed by atoms with E-state index in [2.05, 4.69) is 5.10 Å². The maximum Gasteiger partial charge on any atom is 0.208 e. The maximum atomic E-state index is 8.83. The van der Waals surface area contributed by atoms with Gasteiger partial charge in [0.2, 0.25) is 5.88 Å². The molecule has 0 aliphatic heterocycles. The molecule has 1 heterocycles. The van der Waals surface area contributed by atoms with E-state index in [1.54, 1.807) is 0 Å². The molecule has 0 radical (unpaired) electrons. The van der Waals surface area contributed by atoms with Gasteiger partial charge in [0.1, 0.15) is 0 Å². The van der Waals surface area contributed by atoms with Gasteiger partial charge in [-0.15, -0.1) is 0 Å². The van der Waals surface area contributed by atoms with Gasteiger partial charge in [0.25, 0.3) is 0 Å². The lowest BCUT2D eigenvalue weighted by Gasteiger charge is -1.86. The van der Waals surface area contributed by atoms with E-state index in [1.807, 2.05) is 0 Å². The predicted molar refractivity (Wildman–Crippen MR) is 24.9 cm³/mol. The highest BCUT2D eigenvalue weighted by molar-refractivity contribution is 5.03. The molecule has 0 spiro atoms. The molecule has 1 aromatic rings. The first-order valence-electron chi connectivity index (χ1n) is 3.25. The molecule has 0 saturated heterocycles. The van der Waals surface area contributed by atoms with Crippen molar-refractivity contribution in [1.29, 1.82) is 0 Å². The van der Waals surface area contributed by atoms with Gasteiger partial charge in [-0.25, -0.2) is 4.68 Å². The second kappa shape index (κ2) is 1.26. The lowest BCUT2D eigenvalue weighted by molar-refractivity contribution is 0.419. The molecule has 0 aromatic carbocycles. The molecule has 1 N–H and O–H groups in total. The Kier molecular flexibility index (Phi) is 0.333. The smallest absolute Gasteiger partial charge is 0.208 e. The monoisotopic (exact) mass is 101 g/mol. The minimum absolute atomic E-state index is 0.347. The van der Waals surface area contributed by atoms with Gasteiger partial charge in [-0.05, 0) is 0 Å². The minimum atomic E-state index is -2.38. The van der Waals surface area contributed by atoms with Crippen molar-refractivity contribution in [1.82, 2.24) is 9.78 Å². The SMILES string of the molecule is [2H]C([2H])([2H])n1nccc1O. The third-order valence-electron chi connectivity index (χ3n) is 0.623. The van der Waals surface area contributed by atoms with Crippen LogP contribution in [0, 0.1) is 0 Å². The summed E-state index contributed by atoms with van der Waals surface area (Å²) in [5.74, 6) is -0.347. The maximum absolute atomic E-state index is 8.83. The van der Waals surface area contributed by atoms with Crippen LogP contribution in [0.4, 0.5) is 0 Å². The number of hydrogen-bond acceptors (Lipinski definition) is 2. The zero-order valence-corrected chi connectivity index (χ0v) is 3.50. The van der Waals surface area contributed by atoms with Gasteiger partial charge in [-0.1, -0.05) is 0 Å². The van der Waals surface area contributed by atoms with E-state index in [9.17, 15) is 0 Å². The van der Waals surface area contributed by atoms with Gasteiger partial charge < -0.3 is 5.11 Å². The van der Waals surface area contributed by atoms with Crippen molar-refractivity contribution >= 4 is 0 Å². The quantitative estimate of drug-likeness (QED) is 0.504. The van der Waals surface area contributed by atoms with E-state index in [-0.39, 0.29) is 5.88 Å². The average molecular weight is 101 g/mol. The van der Waals surface area contributed by atoms with Gasteiger partial charge in [-0.2, -0.15) is 5.10 Å². The Morgan fingerprint density at radius 3 is 3.29 bits per heavy atom. The fraction of sp³-hybridized carbons (Fsp3) is 0.250. The number of aromatic hydroxyl groups is 1. The Bertz CT molecular complexity index is 229. The lowest BCUT2D eigenvalue weighted by Crippen LogP contribution is -1.86. The summed E-state index contributed by atoms with van der Waals surface area (Å²) in [7, 11) is 0. The van der Waals surface area contributed by atoms with Crippen molar-refractivity contribution < 1.29 is 9.22 Å². The fourth-order valence-electron chi connectivity index (χ4n) is 0.296. The molecule has 0 bridgehead atoms. The van der Waals surface area contributed by atoms with Crippen LogP contribution in [0.3, 0.4) is 0 Å². The Morgan fingerprint density at radius 1 is 2.14 bits per heavy atom. The van der Waals surface area contributed by atoms with Crippen LogP contribution in [-0.4, -0.2) is 14.9 Å². The molecule has 0 aliphatic rings. The van der Waals surface area contributed by atoms with Crippen molar-refractivity contribution in [3.8, 4) is 5.88 Å². The molecular weight excluding hydrogens is 92.1 g/mol. The molecule has 0 aliphatic carbocycles. The van der Waals surface area contributed by atoms with Crippen molar-refractivity contribution in [2.75, 3.05) is 0 Å². The number of hydrogen-bond donors (Lipinski definition) is 1. The van der Waals surface area contributed by atoms with Crippen molar-refractivity contribution in [2.24, 2.45) is 6.98 Å². The van der Waals surface area contributed by atoms with E-state index >= 15 is 0 Å². The Labute approximate surface area is 45.4 Å². The summed E-state index contributed by atoms with van der Waals surface area (Å²) in [5.41, 5.74) is 0. The number of nitrogens with zero attached hydrogens (tertiary/aromatic N) is 2. The topological polar surface area (TPSA) is 38.0 Å². The summed E-state index contributed by atoms with van der Waals surface area (Å²) in [6, 6.07) is 1.21. The minimum Gasteiger partial charge on any atom is -0.493 e. The van der Waals surface area contributed by atoms with Crippen LogP contribution in [0.5, 0.6) is 5.88 Å². The van der Waals surface area contributed by atoms with E-state index in [1.165, 1.54) is 12.3 Å². The van der Waals surface area contributed by atoms with Crippen LogP contribution >= 0.6 is 0 Å². The van der Waals surface area contributed by atoms with Gasteiger partial charge in [0.15, 0.2) is 0 Å². The van der Waals surface area contributed by atoms with Crippen LogP contribution in [0.25, 0.3) is 0 Å². The molecule has 0 atom stereocenters. The van der Waals surface area contributed by atoms with Gasteiger partial charge in [0, 0.05) is 17.2 Å². The number of aryl methyl sites for hydroxylation is 1. The largest absolute Gasteiger partial charge is 0.493 e. The third-order valence-corrected chi connectivity index (χ3v) is 0.623. The lowest BCUT2D eigenvalue weighted by atomic mass is 10.7. The summed E-state index contributed by atoms with van der Waals surface area (Å²) in [4.78, 5) is 0. The molecule has 0 unspecified atom stereocenters. The van der Waals surface area contributed by atoms with Crippen molar-refractivity contribution in [3.63, 3.8) is 0 Å². The summed E-state index contributed by atoms with van der Waals surface area (Å²) in [6.45, 7) is -2.38. The Morgan fingerprint density at radius 2 is 3.00 bits per heavy atom. The molecule has 3 heteroatoms. The molecule has 0 saturated carbocycles. The highest BCUT2D eigenvalue weighted by atomic mass is 16.3. The summed E-state index contributed by atoms with van der Waals surface area (Å²) >= 11 is 0. The van der Waals surface area contributed by atoms with Crippen molar-refractivity contribution in [2.45, 2.75) is 0 Å². The first-order valence-corrected chi connectivity index (χ1v) is 1.75. The van der Waals surface area contributed by atoms with E-state index in [0.29, 0.717) is 4.68 Å². The van der Waals surface area contributed by atoms with Gasteiger partial charge in [0.05, 0.1) is 6.20 Å². The predicted octanol–water partition coefficient (Wildman–Crippen LogP) is 0.126. The Hall–Kier alpha value is -0.990. The zero-order valence-electron chi connectivity index (χ0n) is 6.50. The third kappa shape index (κ3) is 0.559. The normalized spacial score (nSPS) is 17.4.